The summed E-state index contributed by atoms with van der Waals surface area (Å²) in [5, 5.41) is 1.31. The normalized spacial score (nSPS) is 20.1. The Morgan fingerprint density at radius 3 is 2.72 bits per heavy atom. The van der Waals surface area contributed by atoms with Crippen LogP contribution in [0.25, 0.3) is 10.9 Å². The highest BCUT2D eigenvalue weighted by Gasteiger charge is 2.36. The predicted octanol–water partition coefficient (Wildman–Crippen LogP) is 4.83. The van der Waals surface area contributed by atoms with E-state index < -0.39 is 0 Å². The molecule has 5 nitrogen and oxygen atoms in total. The molecule has 2 aromatic carbocycles. The molecule has 29 heavy (non-hydrogen) atoms. The summed E-state index contributed by atoms with van der Waals surface area (Å²) in [4.78, 5) is 10.4. The summed E-state index contributed by atoms with van der Waals surface area (Å²) in [5.41, 5.74) is 6.19. The monoisotopic (exact) mass is 383 g/mol. The maximum absolute atomic E-state index is 5.68. The minimum absolute atomic E-state index is 0.0537. The van der Waals surface area contributed by atoms with Crippen LogP contribution in [0.15, 0.2) is 67.0 Å². The van der Waals surface area contributed by atoms with Crippen molar-refractivity contribution < 1.29 is 9.47 Å². The van der Waals surface area contributed by atoms with E-state index in [2.05, 4.69) is 70.3 Å². The molecular weight excluding hydrogens is 362 g/mol. The number of pyridine rings is 1. The quantitative estimate of drug-likeness (QED) is 0.539. The second kappa shape index (κ2) is 6.27. The van der Waals surface area contributed by atoms with E-state index in [1.807, 2.05) is 18.5 Å². The molecule has 0 saturated carbocycles. The molecule has 2 aliphatic rings. The van der Waals surface area contributed by atoms with Crippen molar-refractivity contribution >= 4 is 16.6 Å². The molecule has 6 rings (SSSR count). The number of para-hydroxylation sites is 1. The van der Waals surface area contributed by atoms with E-state index in [9.17, 15) is 0 Å². The molecule has 0 aliphatic carbocycles. The highest BCUT2D eigenvalue weighted by atomic mass is 16.7. The van der Waals surface area contributed by atoms with Crippen LogP contribution in [-0.2, 0) is 6.42 Å². The van der Waals surface area contributed by atoms with Gasteiger partial charge in [0.2, 0.25) is 6.79 Å². The first-order chi connectivity index (χ1) is 14.3. The predicted molar refractivity (Wildman–Crippen MR) is 113 cm³/mol. The van der Waals surface area contributed by atoms with E-state index >= 15 is 0 Å². The average molecular weight is 383 g/mol. The smallest absolute Gasteiger partial charge is 0.231 e. The number of aromatic amines is 1. The fourth-order valence-corrected chi connectivity index (χ4v) is 4.79. The van der Waals surface area contributed by atoms with Crippen LogP contribution in [0.1, 0.15) is 29.8 Å². The molecule has 0 bridgehead atoms. The van der Waals surface area contributed by atoms with Gasteiger partial charge in [-0.2, -0.15) is 0 Å². The number of aromatic nitrogens is 2. The van der Waals surface area contributed by atoms with E-state index in [1.54, 1.807) is 0 Å². The lowest BCUT2D eigenvalue weighted by Gasteiger charge is -2.42. The Kier molecular flexibility index (Phi) is 3.57. The number of nitrogens with one attached hydrogen (secondary N) is 1. The number of nitrogens with zero attached hydrogens (tertiary/aromatic N) is 2. The van der Waals surface area contributed by atoms with Crippen LogP contribution in [0, 0.1) is 0 Å². The SMILES string of the molecule is CC1Cc2c([nH]c3ccccc23)C(c2ccc3c(c2)OCO3)N1c1ccncc1. The van der Waals surface area contributed by atoms with Crippen molar-refractivity contribution in [3.63, 3.8) is 0 Å². The molecule has 2 atom stereocenters. The molecule has 0 amide bonds. The number of hydrogen-bond donors (Lipinski definition) is 1. The van der Waals surface area contributed by atoms with Crippen LogP contribution in [0.4, 0.5) is 5.69 Å². The van der Waals surface area contributed by atoms with E-state index in [4.69, 9.17) is 9.47 Å². The van der Waals surface area contributed by atoms with Crippen molar-refractivity contribution in [1.29, 1.82) is 0 Å². The molecule has 4 heterocycles. The number of hydrogen-bond acceptors (Lipinski definition) is 4. The van der Waals surface area contributed by atoms with Crippen LogP contribution in [0.5, 0.6) is 11.5 Å². The largest absolute Gasteiger partial charge is 0.454 e. The summed E-state index contributed by atoms with van der Waals surface area (Å²) < 4.78 is 11.2. The fourth-order valence-electron chi connectivity index (χ4n) is 4.79. The first kappa shape index (κ1) is 16.5. The number of rotatable bonds is 2. The summed E-state index contributed by atoms with van der Waals surface area (Å²) in [5.74, 6) is 1.62. The third kappa shape index (κ3) is 2.50. The van der Waals surface area contributed by atoms with E-state index in [0.717, 1.165) is 17.9 Å². The Morgan fingerprint density at radius 1 is 1.00 bits per heavy atom. The minimum Gasteiger partial charge on any atom is -0.454 e. The Hall–Kier alpha value is -3.47. The van der Waals surface area contributed by atoms with Crippen LogP contribution in [0.2, 0.25) is 0 Å². The van der Waals surface area contributed by atoms with E-state index in [1.165, 1.54) is 33.4 Å². The number of H-pyrrole nitrogens is 1. The molecule has 2 aromatic heterocycles. The summed E-state index contributed by atoms with van der Waals surface area (Å²) in [6.45, 7) is 2.58. The number of ether oxygens (including phenoxy) is 2. The molecule has 0 spiro atoms. The van der Waals surface area contributed by atoms with Gasteiger partial charge in [-0.25, -0.2) is 0 Å². The van der Waals surface area contributed by atoms with Gasteiger partial charge in [-0.05, 0) is 54.8 Å². The maximum atomic E-state index is 5.68. The van der Waals surface area contributed by atoms with Crippen molar-refractivity contribution in [3.05, 3.63) is 83.8 Å². The van der Waals surface area contributed by atoms with E-state index in [-0.39, 0.29) is 12.8 Å². The van der Waals surface area contributed by atoms with Crippen molar-refractivity contribution in [2.75, 3.05) is 11.7 Å². The fraction of sp³-hybridized carbons (Fsp3) is 0.208. The Balaban J connectivity index is 1.59. The Morgan fingerprint density at radius 2 is 1.83 bits per heavy atom. The van der Waals surface area contributed by atoms with Gasteiger partial charge in [-0.3, -0.25) is 4.98 Å². The second-order valence-corrected chi connectivity index (χ2v) is 7.74. The third-order valence-electron chi connectivity index (χ3n) is 6.05. The second-order valence-electron chi connectivity index (χ2n) is 7.74. The van der Waals surface area contributed by atoms with Gasteiger partial charge in [0.05, 0.1) is 6.04 Å². The summed E-state index contributed by atoms with van der Waals surface area (Å²) >= 11 is 0. The van der Waals surface area contributed by atoms with E-state index in [0.29, 0.717) is 6.04 Å². The van der Waals surface area contributed by atoms with Gasteiger partial charge in [-0.1, -0.05) is 24.3 Å². The van der Waals surface area contributed by atoms with Gasteiger partial charge in [0.1, 0.15) is 0 Å². The van der Waals surface area contributed by atoms with Gasteiger partial charge in [0, 0.05) is 40.7 Å². The van der Waals surface area contributed by atoms with Gasteiger partial charge < -0.3 is 19.4 Å². The lowest BCUT2D eigenvalue weighted by molar-refractivity contribution is 0.174. The van der Waals surface area contributed by atoms with Crippen molar-refractivity contribution in [1.82, 2.24) is 9.97 Å². The lowest BCUT2D eigenvalue weighted by Crippen LogP contribution is -2.42. The van der Waals surface area contributed by atoms with Gasteiger partial charge >= 0.3 is 0 Å². The highest BCUT2D eigenvalue weighted by Crippen LogP contribution is 2.45. The molecule has 0 radical (unpaired) electrons. The average Bonchev–Trinajstić information content (AvgIpc) is 3.37. The zero-order valence-corrected chi connectivity index (χ0v) is 16.1. The Bertz CT molecular complexity index is 1200. The van der Waals surface area contributed by atoms with Crippen molar-refractivity contribution in [3.8, 4) is 11.5 Å². The summed E-state index contributed by atoms with van der Waals surface area (Å²) in [7, 11) is 0. The first-order valence-corrected chi connectivity index (χ1v) is 9.97. The molecule has 0 fully saturated rings. The maximum Gasteiger partial charge on any atom is 0.231 e. The molecule has 2 unspecified atom stereocenters. The minimum atomic E-state index is 0.0537. The summed E-state index contributed by atoms with van der Waals surface area (Å²) in [6.07, 6.45) is 4.71. The molecule has 0 saturated heterocycles. The highest BCUT2D eigenvalue weighted by molar-refractivity contribution is 5.86. The standard InChI is InChI=1S/C24H21N3O2/c1-15-12-19-18-4-2-3-5-20(18)26-23(19)24(27(15)17-8-10-25-11-9-17)16-6-7-21-22(13-16)29-14-28-21/h2-11,13,15,24,26H,12,14H2,1H3. The van der Waals surface area contributed by atoms with Crippen LogP contribution in [0.3, 0.4) is 0 Å². The van der Waals surface area contributed by atoms with Crippen LogP contribution in [-0.4, -0.2) is 22.8 Å². The molecule has 1 N–H and O–H groups in total. The first-order valence-electron chi connectivity index (χ1n) is 9.97. The molecule has 5 heteroatoms. The number of anilines is 1. The van der Waals surface area contributed by atoms with Gasteiger partial charge in [-0.15, -0.1) is 0 Å². The van der Waals surface area contributed by atoms with Crippen LogP contribution >= 0.6 is 0 Å². The topological polar surface area (TPSA) is 50.4 Å². The van der Waals surface area contributed by atoms with Crippen molar-refractivity contribution in [2.45, 2.75) is 25.4 Å². The van der Waals surface area contributed by atoms with Crippen molar-refractivity contribution in [2.24, 2.45) is 0 Å². The van der Waals surface area contributed by atoms with Crippen LogP contribution < -0.4 is 14.4 Å². The molecule has 144 valence electrons. The summed E-state index contributed by atoms with van der Waals surface area (Å²) in [6, 6.07) is 19.4. The molecule has 4 aromatic rings. The van der Waals surface area contributed by atoms with Gasteiger partial charge in [0.25, 0.3) is 0 Å². The number of benzene rings is 2. The number of fused-ring (bicyclic) bond motifs is 4. The third-order valence-corrected chi connectivity index (χ3v) is 6.05. The molecular formula is C24H21N3O2. The zero-order valence-electron chi connectivity index (χ0n) is 16.1. The Labute approximate surface area is 168 Å². The molecule has 2 aliphatic heterocycles. The lowest BCUT2D eigenvalue weighted by atomic mass is 9.88. The zero-order chi connectivity index (χ0) is 19.4. The van der Waals surface area contributed by atoms with Gasteiger partial charge in [0.15, 0.2) is 11.5 Å².